The first kappa shape index (κ1) is 17.5. The highest BCUT2D eigenvalue weighted by atomic mass is 16.5. The average Bonchev–Trinajstić information content (AvgIpc) is 2.40. The number of benzene rings is 1. The minimum atomic E-state index is -1.27. The fourth-order valence-corrected chi connectivity index (χ4v) is 1.17. The van der Waals surface area contributed by atoms with Gasteiger partial charge in [-0.25, -0.2) is 4.79 Å². The second-order valence-corrected chi connectivity index (χ2v) is 4.23. The first-order chi connectivity index (χ1) is 9.42. The molecule has 0 unspecified atom stereocenters. The molecule has 5 nitrogen and oxygen atoms in total. The number of ether oxygens (including phenoxy) is 1. The van der Waals surface area contributed by atoms with Crippen LogP contribution in [0.4, 0.5) is 5.69 Å². The Hall–Kier alpha value is -2.48. The van der Waals surface area contributed by atoms with Crippen LogP contribution in [-0.2, 0) is 9.53 Å². The number of nitrogens with two attached hydrogens (primary N) is 1. The van der Waals surface area contributed by atoms with Crippen LogP contribution >= 0.6 is 0 Å². The highest BCUT2D eigenvalue weighted by Gasteiger charge is 2.04. The molecule has 3 N–H and O–H groups in total. The van der Waals surface area contributed by atoms with Gasteiger partial charge in [-0.1, -0.05) is 26.0 Å². The fraction of sp³-hybridized carbons (Fsp3) is 0.333. The molecule has 0 bridgehead atoms. The zero-order valence-corrected chi connectivity index (χ0v) is 12.0. The Bertz CT molecular complexity index is 485. The van der Waals surface area contributed by atoms with Gasteiger partial charge in [-0.2, -0.15) is 5.26 Å². The Morgan fingerprint density at radius 3 is 2.35 bits per heavy atom. The lowest BCUT2D eigenvalue weighted by Gasteiger charge is -2.03. The van der Waals surface area contributed by atoms with E-state index in [1.54, 1.807) is 6.92 Å². The molecule has 0 saturated heterocycles. The standard InChI is InChI=1S/C9H13N.C6H7NO3/c1-7(2)8-3-5-9(10)6-4-8;1-2-10-4-5(3-7)6(8)9/h3-7H,10H2,1-2H3;4H,2H2,1H3,(H,8,9)/b;5-4-. The van der Waals surface area contributed by atoms with E-state index in [1.165, 1.54) is 11.6 Å². The van der Waals surface area contributed by atoms with E-state index >= 15 is 0 Å². The zero-order valence-electron chi connectivity index (χ0n) is 12.0. The van der Waals surface area contributed by atoms with Gasteiger partial charge in [-0.15, -0.1) is 0 Å². The van der Waals surface area contributed by atoms with Crippen LogP contribution in [0.15, 0.2) is 36.1 Å². The van der Waals surface area contributed by atoms with Crippen molar-refractivity contribution in [2.24, 2.45) is 0 Å². The molecule has 0 atom stereocenters. The molecule has 0 aliphatic rings. The predicted octanol–water partition coefficient (Wildman–Crippen LogP) is 2.91. The highest BCUT2D eigenvalue weighted by molar-refractivity contribution is 5.90. The zero-order chi connectivity index (χ0) is 15.5. The summed E-state index contributed by atoms with van der Waals surface area (Å²) in [5.74, 6) is -0.670. The van der Waals surface area contributed by atoms with E-state index in [9.17, 15) is 4.79 Å². The summed E-state index contributed by atoms with van der Waals surface area (Å²) in [5.41, 5.74) is 7.32. The Labute approximate surface area is 119 Å². The molecule has 0 aromatic heterocycles. The van der Waals surface area contributed by atoms with E-state index < -0.39 is 5.97 Å². The van der Waals surface area contributed by atoms with Crippen LogP contribution in [0.25, 0.3) is 0 Å². The maximum Gasteiger partial charge on any atom is 0.349 e. The van der Waals surface area contributed by atoms with Gasteiger partial charge in [-0.3, -0.25) is 0 Å². The smallest absolute Gasteiger partial charge is 0.349 e. The molecular formula is C15H20N2O3. The van der Waals surface area contributed by atoms with E-state index in [1.807, 2.05) is 12.1 Å². The van der Waals surface area contributed by atoms with Gasteiger partial charge < -0.3 is 15.6 Å². The highest BCUT2D eigenvalue weighted by Crippen LogP contribution is 2.14. The lowest BCUT2D eigenvalue weighted by atomic mass is 10.0. The number of carboxylic acid groups (broad SMARTS) is 1. The number of hydrogen-bond donors (Lipinski definition) is 2. The summed E-state index contributed by atoms with van der Waals surface area (Å²) in [6.45, 7) is 6.41. The summed E-state index contributed by atoms with van der Waals surface area (Å²) < 4.78 is 4.58. The molecule has 0 heterocycles. The largest absolute Gasteiger partial charge is 0.500 e. The van der Waals surface area contributed by atoms with Crippen LogP contribution < -0.4 is 5.73 Å². The van der Waals surface area contributed by atoms with Crippen molar-refractivity contribution in [2.45, 2.75) is 26.7 Å². The molecule has 5 heteroatoms. The van der Waals surface area contributed by atoms with Crippen molar-refractivity contribution in [3.8, 4) is 6.07 Å². The Morgan fingerprint density at radius 1 is 1.45 bits per heavy atom. The van der Waals surface area contributed by atoms with Crippen molar-refractivity contribution in [3.63, 3.8) is 0 Å². The topological polar surface area (TPSA) is 96.3 Å². The van der Waals surface area contributed by atoms with Crippen molar-refractivity contribution < 1.29 is 14.6 Å². The van der Waals surface area contributed by atoms with E-state index in [2.05, 4.69) is 30.7 Å². The van der Waals surface area contributed by atoms with E-state index in [0.717, 1.165) is 11.9 Å². The number of anilines is 1. The van der Waals surface area contributed by atoms with E-state index in [0.29, 0.717) is 12.5 Å². The van der Waals surface area contributed by atoms with Gasteiger partial charge in [0.05, 0.1) is 6.61 Å². The second-order valence-electron chi connectivity index (χ2n) is 4.23. The van der Waals surface area contributed by atoms with Crippen LogP contribution in [0, 0.1) is 11.3 Å². The SMILES string of the molecule is CC(C)c1ccc(N)cc1.CCO/C=C(/C#N)C(=O)O. The van der Waals surface area contributed by atoms with Crippen LogP contribution in [0.3, 0.4) is 0 Å². The molecule has 0 amide bonds. The second kappa shape index (κ2) is 9.45. The average molecular weight is 276 g/mol. The normalized spacial score (nSPS) is 10.2. The molecule has 0 radical (unpaired) electrons. The number of nitriles is 1. The molecular weight excluding hydrogens is 256 g/mol. The Kier molecular flexibility index (Phi) is 8.28. The van der Waals surface area contributed by atoms with Gasteiger partial charge in [0.25, 0.3) is 0 Å². The molecule has 108 valence electrons. The van der Waals surface area contributed by atoms with Crippen LogP contribution in [-0.4, -0.2) is 17.7 Å². The van der Waals surface area contributed by atoms with Crippen molar-refractivity contribution in [2.75, 3.05) is 12.3 Å². The lowest BCUT2D eigenvalue weighted by Crippen LogP contribution is -1.98. The van der Waals surface area contributed by atoms with Gasteiger partial charge in [0.1, 0.15) is 12.3 Å². The van der Waals surface area contributed by atoms with Crippen LogP contribution in [0.1, 0.15) is 32.3 Å². The number of hydrogen-bond acceptors (Lipinski definition) is 4. The summed E-state index contributed by atoms with van der Waals surface area (Å²) >= 11 is 0. The molecule has 0 aliphatic carbocycles. The number of nitrogen functional groups attached to an aromatic ring is 1. The predicted molar refractivity (Wildman–Crippen MR) is 77.9 cm³/mol. The monoisotopic (exact) mass is 276 g/mol. The molecule has 0 aliphatic heterocycles. The van der Waals surface area contributed by atoms with Gasteiger partial charge >= 0.3 is 5.97 Å². The van der Waals surface area contributed by atoms with E-state index in [-0.39, 0.29) is 5.57 Å². The van der Waals surface area contributed by atoms with Gasteiger partial charge in [0.2, 0.25) is 0 Å². The molecule has 20 heavy (non-hydrogen) atoms. The first-order valence-corrected chi connectivity index (χ1v) is 6.22. The van der Waals surface area contributed by atoms with Gasteiger partial charge in [0, 0.05) is 5.69 Å². The number of carboxylic acids is 1. The summed E-state index contributed by atoms with van der Waals surface area (Å²) in [7, 11) is 0. The van der Waals surface area contributed by atoms with Crippen LogP contribution in [0.2, 0.25) is 0 Å². The number of carbonyl (C=O) groups is 1. The molecule has 0 fully saturated rings. The molecule has 1 rings (SSSR count). The van der Waals surface area contributed by atoms with Crippen molar-refractivity contribution in [3.05, 3.63) is 41.7 Å². The number of nitrogens with zero attached hydrogens (tertiary/aromatic N) is 1. The summed E-state index contributed by atoms with van der Waals surface area (Å²) in [4.78, 5) is 10.1. The minimum absolute atomic E-state index is 0.360. The molecule has 1 aromatic rings. The maximum atomic E-state index is 10.1. The van der Waals surface area contributed by atoms with Crippen molar-refractivity contribution in [1.29, 1.82) is 5.26 Å². The van der Waals surface area contributed by atoms with Gasteiger partial charge in [0.15, 0.2) is 5.57 Å². The number of aliphatic carboxylic acids is 1. The maximum absolute atomic E-state index is 10.1. The molecule has 0 spiro atoms. The summed E-state index contributed by atoms with van der Waals surface area (Å²) in [5, 5.41) is 16.4. The van der Waals surface area contributed by atoms with Gasteiger partial charge in [-0.05, 0) is 30.5 Å². The fourth-order valence-electron chi connectivity index (χ4n) is 1.17. The third-order valence-corrected chi connectivity index (χ3v) is 2.32. The third-order valence-electron chi connectivity index (χ3n) is 2.32. The third kappa shape index (κ3) is 7.07. The number of rotatable bonds is 4. The quantitative estimate of drug-likeness (QED) is 0.381. The lowest BCUT2D eigenvalue weighted by molar-refractivity contribution is -0.132. The Morgan fingerprint density at radius 2 is 2.00 bits per heavy atom. The Balaban J connectivity index is 0.000000361. The van der Waals surface area contributed by atoms with Crippen molar-refractivity contribution >= 4 is 11.7 Å². The minimum Gasteiger partial charge on any atom is -0.500 e. The first-order valence-electron chi connectivity index (χ1n) is 6.22. The molecule has 1 aromatic carbocycles. The summed E-state index contributed by atoms with van der Waals surface area (Å²) in [6.07, 6.45) is 0.933. The summed E-state index contributed by atoms with van der Waals surface area (Å²) in [6, 6.07) is 9.49. The van der Waals surface area contributed by atoms with Crippen molar-refractivity contribution in [1.82, 2.24) is 0 Å². The van der Waals surface area contributed by atoms with Crippen LogP contribution in [0.5, 0.6) is 0 Å². The van der Waals surface area contributed by atoms with E-state index in [4.69, 9.17) is 16.1 Å². The molecule has 0 saturated carbocycles.